The van der Waals surface area contributed by atoms with Crippen LogP contribution in [-0.2, 0) is 0 Å². The second-order valence-corrected chi connectivity index (χ2v) is 5.28. The standard InChI is InChI=1S/C15H15NOS/c1-3-17-11-8-9-13-15(10-11)18-14-7-5-4-6-12(14)16(13)2/h4-10H,3H2,1-2H3. The zero-order valence-corrected chi connectivity index (χ0v) is 11.3. The minimum absolute atomic E-state index is 0.704. The molecule has 1 heterocycles. The third kappa shape index (κ3) is 1.85. The molecule has 1 aliphatic rings. The third-order valence-corrected chi connectivity index (χ3v) is 4.16. The first-order valence-electron chi connectivity index (χ1n) is 6.07. The maximum atomic E-state index is 5.56. The Hall–Kier alpha value is -1.61. The molecule has 0 atom stereocenters. The highest BCUT2D eigenvalue weighted by Gasteiger charge is 2.20. The lowest BCUT2D eigenvalue weighted by Gasteiger charge is -2.29. The van der Waals surface area contributed by atoms with Crippen molar-refractivity contribution >= 4 is 23.1 Å². The van der Waals surface area contributed by atoms with Crippen LogP contribution in [-0.4, -0.2) is 13.7 Å². The molecule has 0 bridgehead atoms. The Morgan fingerprint density at radius 1 is 1.06 bits per heavy atom. The third-order valence-electron chi connectivity index (χ3n) is 3.05. The second-order valence-electron chi connectivity index (χ2n) is 4.19. The van der Waals surface area contributed by atoms with Gasteiger partial charge in [-0.15, -0.1) is 0 Å². The second kappa shape index (κ2) is 4.58. The summed E-state index contributed by atoms with van der Waals surface area (Å²) in [6, 6.07) is 14.8. The lowest BCUT2D eigenvalue weighted by atomic mass is 10.2. The van der Waals surface area contributed by atoms with Gasteiger partial charge >= 0.3 is 0 Å². The van der Waals surface area contributed by atoms with E-state index in [1.165, 1.54) is 21.2 Å². The van der Waals surface area contributed by atoms with Crippen molar-refractivity contribution in [2.75, 3.05) is 18.6 Å². The van der Waals surface area contributed by atoms with Gasteiger partial charge < -0.3 is 9.64 Å². The summed E-state index contributed by atoms with van der Waals surface area (Å²) in [6.07, 6.45) is 0. The van der Waals surface area contributed by atoms with Crippen LogP contribution >= 0.6 is 11.8 Å². The zero-order chi connectivity index (χ0) is 12.5. The molecule has 0 aromatic heterocycles. The van der Waals surface area contributed by atoms with Gasteiger partial charge in [-0.3, -0.25) is 0 Å². The molecule has 1 aliphatic heterocycles. The average Bonchev–Trinajstić information content (AvgIpc) is 2.39. The molecule has 2 aromatic carbocycles. The van der Waals surface area contributed by atoms with Crippen molar-refractivity contribution in [3.63, 3.8) is 0 Å². The highest BCUT2D eigenvalue weighted by molar-refractivity contribution is 7.99. The smallest absolute Gasteiger partial charge is 0.120 e. The lowest BCUT2D eigenvalue weighted by molar-refractivity contribution is 0.339. The maximum Gasteiger partial charge on any atom is 0.120 e. The molecule has 0 spiro atoms. The minimum atomic E-state index is 0.704. The van der Waals surface area contributed by atoms with Gasteiger partial charge in [0.25, 0.3) is 0 Å². The van der Waals surface area contributed by atoms with Crippen molar-refractivity contribution in [1.29, 1.82) is 0 Å². The molecule has 0 saturated heterocycles. The van der Waals surface area contributed by atoms with Crippen molar-refractivity contribution in [1.82, 2.24) is 0 Å². The summed E-state index contributed by atoms with van der Waals surface area (Å²) < 4.78 is 5.56. The fourth-order valence-electron chi connectivity index (χ4n) is 2.18. The van der Waals surface area contributed by atoms with Crippen LogP contribution in [0.15, 0.2) is 52.3 Å². The highest BCUT2D eigenvalue weighted by atomic mass is 32.2. The SMILES string of the molecule is CCOc1ccc2c(c1)Sc1ccccc1N2C. The first-order valence-corrected chi connectivity index (χ1v) is 6.88. The van der Waals surface area contributed by atoms with Crippen LogP contribution in [0, 0.1) is 0 Å². The summed E-state index contributed by atoms with van der Waals surface area (Å²) in [6.45, 7) is 2.71. The Morgan fingerprint density at radius 3 is 2.67 bits per heavy atom. The molecule has 0 radical (unpaired) electrons. The van der Waals surface area contributed by atoms with Crippen LogP contribution in [0.25, 0.3) is 0 Å². The Bertz CT molecular complexity index is 582. The molecule has 0 saturated carbocycles. The van der Waals surface area contributed by atoms with Gasteiger partial charge in [-0.25, -0.2) is 0 Å². The number of fused-ring (bicyclic) bond motifs is 2. The van der Waals surface area contributed by atoms with E-state index in [1.54, 1.807) is 11.8 Å². The molecule has 92 valence electrons. The molecule has 3 heteroatoms. The quantitative estimate of drug-likeness (QED) is 0.795. The number of hydrogen-bond acceptors (Lipinski definition) is 3. The van der Waals surface area contributed by atoms with Crippen LogP contribution in [0.2, 0.25) is 0 Å². The van der Waals surface area contributed by atoms with Crippen molar-refractivity contribution < 1.29 is 4.74 Å². The summed E-state index contributed by atoms with van der Waals surface area (Å²) in [7, 11) is 2.11. The van der Waals surface area contributed by atoms with E-state index in [0.717, 1.165) is 5.75 Å². The van der Waals surface area contributed by atoms with Crippen LogP contribution in [0.4, 0.5) is 11.4 Å². The number of nitrogens with zero attached hydrogens (tertiary/aromatic N) is 1. The Kier molecular flexibility index (Phi) is 2.92. The van der Waals surface area contributed by atoms with Gasteiger partial charge in [0, 0.05) is 16.8 Å². The zero-order valence-electron chi connectivity index (χ0n) is 10.5. The predicted molar refractivity (Wildman–Crippen MR) is 76.2 cm³/mol. The summed E-state index contributed by atoms with van der Waals surface area (Å²) in [4.78, 5) is 4.78. The van der Waals surface area contributed by atoms with Gasteiger partial charge in [0.15, 0.2) is 0 Å². The van der Waals surface area contributed by atoms with Gasteiger partial charge in [0.05, 0.1) is 18.0 Å². The van der Waals surface area contributed by atoms with E-state index < -0.39 is 0 Å². The molecule has 0 amide bonds. The molecule has 0 fully saturated rings. The number of rotatable bonds is 2. The monoisotopic (exact) mass is 257 g/mol. The summed E-state index contributed by atoms with van der Waals surface area (Å²) in [5.74, 6) is 0.941. The predicted octanol–water partition coefficient (Wildman–Crippen LogP) is 4.32. The summed E-state index contributed by atoms with van der Waals surface area (Å²) in [5, 5.41) is 0. The van der Waals surface area contributed by atoms with E-state index in [-0.39, 0.29) is 0 Å². The first kappa shape index (κ1) is 11.5. The van der Waals surface area contributed by atoms with Crippen LogP contribution in [0.3, 0.4) is 0 Å². The molecule has 18 heavy (non-hydrogen) atoms. The number of hydrogen-bond donors (Lipinski definition) is 0. The van der Waals surface area contributed by atoms with E-state index in [0.29, 0.717) is 6.61 Å². The Labute approximate surface area is 112 Å². The Morgan fingerprint density at radius 2 is 1.83 bits per heavy atom. The van der Waals surface area contributed by atoms with Gasteiger partial charge in [0.2, 0.25) is 0 Å². The van der Waals surface area contributed by atoms with Crippen LogP contribution < -0.4 is 9.64 Å². The largest absolute Gasteiger partial charge is 0.494 e. The van der Waals surface area contributed by atoms with Gasteiger partial charge in [0.1, 0.15) is 5.75 Å². The van der Waals surface area contributed by atoms with Crippen molar-refractivity contribution in [2.24, 2.45) is 0 Å². The van der Waals surface area contributed by atoms with E-state index in [9.17, 15) is 0 Å². The molecule has 0 N–H and O–H groups in total. The molecular formula is C15H15NOS. The van der Waals surface area contributed by atoms with E-state index in [1.807, 2.05) is 13.0 Å². The first-order chi connectivity index (χ1) is 8.79. The summed E-state index contributed by atoms with van der Waals surface area (Å²) in [5.41, 5.74) is 2.50. The molecule has 0 unspecified atom stereocenters. The maximum absolute atomic E-state index is 5.56. The topological polar surface area (TPSA) is 12.5 Å². The molecule has 3 rings (SSSR count). The highest BCUT2D eigenvalue weighted by Crippen LogP contribution is 2.48. The normalized spacial score (nSPS) is 12.9. The molecule has 2 nitrogen and oxygen atoms in total. The van der Waals surface area contributed by atoms with E-state index in [2.05, 4.69) is 48.3 Å². The van der Waals surface area contributed by atoms with Crippen molar-refractivity contribution in [3.8, 4) is 5.75 Å². The van der Waals surface area contributed by atoms with E-state index in [4.69, 9.17) is 4.74 Å². The van der Waals surface area contributed by atoms with Crippen molar-refractivity contribution in [2.45, 2.75) is 16.7 Å². The number of benzene rings is 2. The molecule has 2 aromatic rings. The molecular weight excluding hydrogens is 242 g/mol. The lowest BCUT2D eigenvalue weighted by Crippen LogP contribution is -2.14. The fraction of sp³-hybridized carbons (Fsp3) is 0.200. The summed E-state index contributed by atoms with van der Waals surface area (Å²) >= 11 is 1.80. The minimum Gasteiger partial charge on any atom is -0.494 e. The fourth-order valence-corrected chi connectivity index (χ4v) is 3.36. The number of para-hydroxylation sites is 1. The van der Waals surface area contributed by atoms with Gasteiger partial charge in [-0.05, 0) is 37.3 Å². The van der Waals surface area contributed by atoms with E-state index >= 15 is 0 Å². The Balaban J connectivity index is 2.05. The molecule has 0 aliphatic carbocycles. The van der Waals surface area contributed by atoms with Crippen LogP contribution in [0.5, 0.6) is 5.75 Å². The average molecular weight is 257 g/mol. The number of ether oxygens (including phenoxy) is 1. The van der Waals surface area contributed by atoms with Gasteiger partial charge in [-0.2, -0.15) is 0 Å². The van der Waals surface area contributed by atoms with Crippen LogP contribution in [0.1, 0.15) is 6.92 Å². The van der Waals surface area contributed by atoms with Gasteiger partial charge in [-0.1, -0.05) is 23.9 Å². The number of anilines is 2. The van der Waals surface area contributed by atoms with Crippen molar-refractivity contribution in [3.05, 3.63) is 42.5 Å².